The van der Waals surface area contributed by atoms with Crippen LogP contribution in [0.4, 0.5) is 5.00 Å². The monoisotopic (exact) mass is 479 g/mol. The molecule has 178 valence electrons. The SMILES string of the molecule is CCOC(=O)c1c(NC(=O)CCN(Cc2cccc3ccccc23)C2CC2)sc(C(N)=O)c1C. The number of ether oxygens (including phenoxy) is 1. The molecule has 3 aromatic rings. The molecule has 2 aromatic carbocycles. The van der Waals surface area contributed by atoms with Crippen LogP contribution in [-0.4, -0.2) is 41.9 Å². The summed E-state index contributed by atoms with van der Waals surface area (Å²) in [6.45, 7) is 4.91. The third-order valence-corrected chi connectivity index (χ3v) is 7.27. The fraction of sp³-hybridized carbons (Fsp3) is 0.346. The Hall–Kier alpha value is -3.23. The Morgan fingerprint density at radius 2 is 1.88 bits per heavy atom. The molecule has 1 aromatic heterocycles. The second-order valence-corrected chi connectivity index (χ2v) is 9.50. The number of esters is 1. The van der Waals surface area contributed by atoms with Gasteiger partial charge in [0.05, 0.1) is 17.0 Å². The van der Waals surface area contributed by atoms with Gasteiger partial charge >= 0.3 is 5.97 Å². The van der Waals surface area contributed by atoms with Gasteiger partial charge in [0.25, 0.3) is 5.91 Å². The van der Waals surface area contributed by atoms with Crippen molar-refractivity contribution in [3.8, 4) is 0 Å². The molecule has 0 bridgehead atoms. The highest BCUT2D eigenvalue weighted by atomic mass is 32.1. The standard InChI is InChI=1S/C26H29N3O4S/c1-3-33-26(32)22-16(2)23(24(27)31)34-25(22)28-21(30)13-14-29(19-11-12-19)15-18-9-6-8-17-7-4-5-10-20(17)18/h4-10,19H,3,11-15H2,1-2H3,(H2,27,31)(H,28,30). The van der Waals surface area contributed by atoms with E-state index in [-0.39, 0.29) is 29.4 Å². The van der Waals surface area contributed by atoms with Crippen molar-refractivity contribution in [2.45, 2.75) is 45.7 Å². The summed E-state index contributed by atoms with van der Waals surface area (Å²) < 4.78 is 5.12. The van der Waals surface area contributed by atoms with Crippen LogP contribution in [-0.2, 0) is 16.1 Å². The topological polar surface area (TPSA) is 102 Å². The third kappa shape index (κ3) is 5.29. The van der Waals surface area contributed by atoms with Crippen LogP contribution in [0, 0.1) is 6.92 Å². The second kappa shape index (κ2) is 10.4. The summed E-state index contributed by atoms with van der Waals surface area (Å²) in [7, 11) is 0. The van der Waals surface area contributed by atoms with Gasteiger partial charge in [0.2, 0.25) is 5.91 Å². The largest absolute Gasteiger partial charge is 0.462 e. The first-order chi connectivity index (χ1) is 16.4. The van der Waals surface area contributed by atoms with Crippen molar-refractivity contribution in [2.75, 3.05) is 18.5 Å². The second-order valence-electron chi connectivity index (χ2n) is 8.48. The van der Waals surface area contributed by atoms with Crippen LogP contribution >= 0.6 is 11.3 Å². The minimum Gasteiger partial charge on any atom is -0.462 e. The highest BCUT2D eigenvalue weighted by Gasteiger charge is 2.30. The van der Waals surface area contributed by atoms with Gasteiger partial charge in [-0.1, -0.05) is 42.5 Å². The molecule has 0 atom stereocenters. The van der Waals surface area contributed by atoms with Gasteiger partial charge in [0.15, 0.2) is 0 Å². The molecule has 1 aliphatic carbocycles. The van der Waals surface area contributed by atoms with Gasteiger partial charge in [-0.25, -0.2) is 4.79 Å². The minimum atomic E-state index is -0.636. The molecule has 0 saturated heterocycles. The number of thiophene rings is 1. The van der Waals surface area contributed by atoms with Gasteiger partial charge in [0, 0.05) is 25.6 Å². The van der Waals surface area contributed by atoms with E-state index in [9.17, 15) is 14.4 Å². The van der Waals surface area contributed by atoms with Crippen LogP contribution in [0.1, 0.15) is 57.3 Å². The average molecular weight is 480 g/mol. The van der Waals surface area contributed by atoms with Crippen LogP contribution in [0.25, 0.3) is 10.8 Å². The van der Waals surface area contributed by atoms with Crippen LogP contribution in [0.3, 0.4) is 0 Å². The number of carbonyl (C=O) groups excluding carboxylic acids is 3. The molecule has 2 amide bonds. The van der Waals surface area contributed by atoms with E-state index in [1.165, 1.54) is 16.3 Å². The van der Waals surface area contributed by atoms with Crippen LogP contribution < -0.4 is 11.1 Å². The van der Waals surface area contributed by atoms with Crippen molar-refractivity contribution < 1.29 is 19.1 Å². The number of nitrogens with two attached hydrogens (primary N) is 1. The van der Waals surface area contributed by atoms with Crippen LogP contribution in [0.2, 0.25) is 0 Å². The highest BCUT2D eigenvalue weighted by Crippen LogP contribution is 2.34. The lowest BCUT2D eigenvalue weighted by atomic mass is 10.0. The number of rotatable bonds is 10. The Balaban J connectivity index is 1.46. The molecule has 3 N–H and O–H groups in total. The lowest BCUT2D eigenvalue weighted by Gasteiger charge is -2.22. The van der Waals surface area contributed by atoms with Gasteiger partial charge < -0.3 is 15.8 Å². The molecule has 4 rings (SSSR count). The zero-order valence-corrected chi connectivity index (χ0v) is 20.2. The number of benzene rings is 2. The molecule has 1 fully saturated rings. The molecule has 34 heavy (non-hydrogen) atoms. The van der Waals surface area contributed by atoms with E-state index in [1.807, 2.05) is 12.1 Å². The summed E-state index contributed by atoms with van der Waals surface area (Å²) in [5.41, 5.74) is 7.33. The Bertz CT molecular complexity index is 1230. The van der Waals surface area contributed by atoms with Crippen molar-refractivity contribution in [2.24, 2.45) is 5.73 Å². The Morgan fingerprint density at radius 1 is 1.15 bits per heavy atom. The summed E-state index contributed by atoms with van der Waals surface area (Å²) in [5.74, 6) is -1.43. The first-order valence-corrected chi connectivity index (χ1v) is 12.3. The Morgan fingerprint density at radius 3 is 2.59 bits per heavy atom. The van der Waals surface area contributed by atoms with Gasteiger partial charge in [0.1, 0.15) is 5.00 Å². The van der Waals surface area contributed by atoms with E-state index in [1.54, 1.807) is 13.8 Å². The Kier molecular flexibility index (Phi) is 7.29. The normalized spacial score (nSPS) is 13.3. The van der Waals surface area contributed by atoms with Gasteiger partial charge in [-0.15, -0.1) is 11.3 Å². The Labute approximate surface area is 202 Å². The van der Waals surface area contributed by atoms with Crippen molar-refractivity contribution >= 4 is 44.9 Å². The van der Waals surface area contributed by atoms with E-state index >= 15 is 0 Å². The minimum absolute atomic E-state index is 0.192. The van der Waals surface area contributed by atoms with Gasteiger partial charge in [-0.2, -0.15) is 0 Å². The highest BCUT2D eigenvalue weighted by molar-refractivity contribution is 7.18. The molecule has 0 aliphatic heterocycles. The van der Waals surface area contributed by atoms with Crippen LogP contribution in [0.15, 0.2) is 42.5 Å². The summed E-state index contributed by atoms with van der Waals surface area (Å²) in [4.78, 5) is 39.7. The molecular weight excluding hydrogens is 450 g/mol. The number of primary amides is 1. The van der Waals surface area contributed by atoms with E-state index in [0.29, 0.717) is 23.2 Å². The van der Waals surface area contributed by atoms with Crippen molar-refractivity contribution in [3.63, 3.8) is 0 Å². The zero-order chi connectivity index (χ0) is 24.2. The zero-order valence-electron chi connectivity index (χ0n) is 19.4. The first kappa shape index (κ1) is 23.9. The lowest BCUT2D eigenvalue weighted by molar-refractivity contribution is -0.116. The maximum atomic E-state index is 12.8. The quantitative estimate of drug-likeness (QED) is 0.418. The molecule has 0 unspecified atom stereocenters. The van der Waals surface area contributed by atoms with Gasteiger partial charge in [-0.05, 0) is 48.6 Å². The molecule has 8 heteroatoms. The van der Waals surface area contributed by atoms with Crippen molar-refractivity contribution in [1.82, 2.24) is 4.90 Å². The first-order valence-electron chi connectivity index (χ1n) is 11.5. The smallest absolute Gasteiger partial charge is 0.341 e. The molecule has 1 heterocycles. The molecule has 1 aliphatic rings. The number of hydrogen-bond acceptors (Lipinski definition) is 6. The maximum Gasteiger partial charge on any atom is 0.341 e. The predicted molar refractivity (Wildman–Crippen MR) is 134 cm³/mol. The molecule has 0 radical (unpaired) electrons. The van der Waals surface area contributed by atoms with Crippen LogP contribution in [0.5, 0.6) is 0 Å². The third-order valence-electron chi connectivity index (χ3n) is 6.05. The average Bonchev–Trinajstić information content (AvgIpc) is 3.60. The lowest BCUT2D eigenvalue weighted by Crippen LogP contribution is -2.29. The fourth-order valence-corrected chi connectivity index (χ4v) is 5.26. The predicted octanol–water partition coefficient (Wildman–Crippen LogP) is 4.48. The number of hydrogen-bond donors (Lipinski definition) is 2. The summed E-state index contributed by atoms with van der Waals surface area (Å²) in [5, 5.41) is 5.56. The van der Waals surface area contributed by atoms with Gasteiger partial charge in [-0.3, -0.25) is 14.5 Å². The number of fused-ring (bicyclic) bond motifs is 1. The number of carbonyl (C=O) groups is 3. The summed E-state index contributed by atoms with van der Waals surface area (Å²) >= 11 is 1.01. The number of nitrogens with zero attached hydrogens (tertiary/aromatic N) is 1. The number of nitrogens with one attached hydrogen (secondary N) is 1. The maximum absolute atomic E-state index is 12.8. The fourth-order valence-electron chi connectivity index (χ4n) is 4.20. The summed E-state index contributed by atoms with van der Waals surface area (Å²) in [6.07, 6.45) is 2.53. The van der Waals surface area contributed by atoms with Crippen molar-refractivity contribution in [1.29, 1.82) is 0 Å². The molecular formula is C26H29N3O4S. The molecule has 1 saturated carbocycles. The van der Waals surface area contributed by atoms with E-state index < -0.39 is 11.9 Å². The van der Waals surface area contributed by atoms with Crippen molar-refractivity contribution in [3.05, 3.63) is 64.0 Å². The molecule has 0 spiro atoms. The van der Waals surface area contributed by atoms with E-state index in [4.69, 9.17) is 10.5 Å². The van der Waals surface area contributed by atoms with E-state index in [0.717, 1.165) is 30.7 Å². The number of amides is 2. The summed E-state index contributed by atoms with van der Waals surface area (Å²) in [6, 6.07) is 15.1. The van der Waals surface area contributed by atoms with E-state index in [2.05, 4.69) is 40.5 Å². The molecule has 7 nitrogen and oxygen atoms in total. The number of anilines is 1.